The molecule has 0 unspecified atom stereocenters. The number of nitrogens with two attached hydrogens (primary N) is 1. The summed E-state index contributed by atoms with van der Waals surface area (Å²) >= 11 is 5.91. The van der Waals surface area contributed by atoms with Gasteiger partial charge in [0.2, 0.25) is 0 Å². The first kappa shape index (κ1) is 12.4. The van der Waals surface area contributed by atoms with Gasteiger partial charge in [-0.15, -0.1) is 0 Å². The Morgan fingerprint density at radius 3 is 2.83 bits per heavy atom. The fourth-order valence-corrected chi connectivity index (χ4v) is 1.61. The molecule has 1 aromatic heterocycles. The molecule has 0 radical (unpaired) electrons. The number of anilines is 2. The number of hydrogen-bond donors (Lipinski definition) is 2. The van der Waals surface area contributed by atoms with Crippen molar-refractivity contribution in [2.75, 3.05) is 11.1 Å². The zero-order valence-electron chi connectivity index (χ0n) is 9.77. The summed E-state index contributed by atoms with van der Waals surface area (Å²) in [6.45, 7) is 1.88. The molecule has 0 saturated carbocycles. The lowest BCUT2D eigenvalue weighted by molar-refractivity contribution is 0.102. The molecule has 0 aliphatic carbocycles. The van der Waals surface area contributed by atoms with Gasteiger partial charge >= 0.3 is 0 Å². The van der Waals surface area contributed by atoms with Crippen molar-refractivity contribution in [2.24, 2.45) is 0 Å². The molecule has 18 heavy (non-hydrogen) atoms. The van der Waals surface area contributed by atoms with Gasteiger partial charge in [-0.2, -0.15) is 0 Å². The van der Waals surface area contributed by atoms with E-state index in [-0.39, 0.29) is 5.91 Å². The Kier molecular flexibility index (Phi) is 3.48. The van der Waals surface area contributed by atoms with Gasteiger partial charge in [-0.05, 0) is 36.8 Å². The fraction of sp³-hybridized carbons (Fsp3) is 0.0769. The average Bonchev–Trinajstić information content (AvgIpc) is 2.35. The van der Waals surface area contributed by atoms with Crippen molar-refractivity contribution in [2.45, 2.75) is 6.92 Å². The maximum atomic E-state index is 12.0. The maximum Gasteiger partial charge on any atom is 0.256 e. The molecule has 0 atom stereocenters. The number of nitrogens with zero attached hydrogens (tertiary/aromatic N) is 1. The van der Waals surface area contributed by atoms with Gasteiger partial charge in [0.25, 0.3) is 5.91 Å². The van der Waals surface area contributed by atoms with E-state index in [0.717, 1.165) is 5.56 Å². The molecule has 1 heterocycles. The Hall–Kier alpha value is -2.07. The minimum absolute atomic E-state index is 0.290. The quantitative estimate of drug-likeness (QED) is 0.817. The predicted molar refractivity (Wildman–Crippen MR) is 72.8 cm³/mol. The minimum Gasteiger partial charge on any atom is -0.398 e. The summed E-state index contributed by atoms with van der Waals surface area (Å²) in [7, 11) is 0. The van der Waals surface area contributed by atoms with Crippen LogP contribution in [0.2, 0.25) is 5.02 Å². The number of carbonyl (C=O) groups excluding carboxylic acids is 1. The molecule has 0 bridgehead atoms. The molecule has 0 aliphatic rings. The van der Waals surface area contributed by atoms with Gasteiger partial charge in [0.05, 0.1) is 5.02 Å². The van der Waals surface area contributed by atoms with Crippen LogP contribution in [-0.2, 0) is 0 Å². The van der Waals surface area contributed by atoms with Gasteiger partial charge in [0, 0.05) is 17.4 Å². The Morgan fingerprint density at radius 2 is 2.17 bits per heavy atom. The van der Waals surface area contributed by atoms with E-state index in [0.29, 0.717) is 22.1 Å². The third-order valence-electron chi connectivity index (χ3n) is 2.53. The van der Waals surface area contributed by atoms with Gasteiger partial charge in [0.1, 0.15) is 0 Å². The van der Waals surface area contributed by atoms with Crippen LogP contribution in [0, 0.1) is 6.92 Å². The van der Waals surface area contributed by atoms with E-state index >= 15 is 0 Å². The van der Waals surface area contributed by atoms with Crippen molar-refractivity contribution in [3.05, 3.63) is 52.7 Å². The molecule has 3 N–H and O–H groups in total. The molecule has 4 nitrogen and oxygen atoms in total. The van der Waals surface area contributed by atoms with Crippen molar-refractivity contribution in [3.8, 4) is 0 Å². The Bertz CT molecular complexity index is 599. The number of hydrogen-bond acceptors (Lipinski definition) is 3. The number of nitrogen functional groups attached to an aromatic ring is 1. The fourth-order valence-electron chi connectivity index (χ4n) is 1.44. The number of amides is 1. The molecule has 92 valence electrons. The van der Waals surface area contributed by atoms with Gasteiger partial charge < -0.3 is 11.1 Å². The first-order chi connectivity index (χ1) is 8.58. The van der Waals surface area contributed by atoms with E-state index in [1.54, 1.807) is 36.5 Å². The number of pyridine rings is 1. The number of nitrogens with one attached hydrogen (secondary N) is 1. The lowest BCUT2D eigenvalue weighted by Gasteiger charge is -2.07. The van der Waals surface area contributed by atoms with Gasteiger partial charge in [-0.3, -0.25) is 4.79 Å². The van der Waals surface area contributed by atoms with Crippen LogP contribution in [0.3, 0.4) is 0 Å². The first-order valence-corrected chi connectivity index (χ1v) is 5.73. The third-order valence-corrected chi connectivity index (χ3v) is 2.84. The smallest absolute Gasteiger partial charge is 0.256 e. The number of rotatable bonds is 2. The number of halogens is 1. The Labute approximate surface area is 110 Å². The van der Waals surface area contributed by atoms with Gasteiger partial charge in [-0.1, -0.05) is 17.7 Å². The van der Waals surface area contributed by atoms with Crippen LogP contribution >= 0.6 is 11.6 Å². The lowest BCUT2D eigenvalue weighted by Crippen LogP contribution is -2.13. The summed E-state index contributed by atoms with van der Waals surface area (Å²) in [5.74, 6) is 0.0469. The van der Waals surface area contributed by atoms with E-state index < -0.39 is 0 Å². The SMILES string of the molecule is Cc1ccc(C(=O)Nc2ncccc2Cl)cc1N. The molecule has 1 amide bonds. The summed E-state index contributed by atoms with van der Waals surface area (Å²) in [4.78, 5) is 16.0. The summed E-state index contributed by atoms with van der Waals surface area (Å²) in [6.07, 6.45) is 1.56. The highest BCUT2D eigenvalue weighted by atomic mass is 35.5. The number of benzene rings is 1. The monoisotopic (exact) mass is 261 g/mol. The van der Waals surface area contributed by atoms with Crippen molar-refractivity contribution >= 4 is 29.0 Å². The number of carbonyl (C=O) groups is 1. The second-order valence-electron chi connectivity index (χ2n) is 3.86. The molecule has 0 fully saturated rings. The molecular weight excluding hydrogens is 250 g/mol. The highest BCUT2D eigenvalue weighted by molar-refractivity contribution is 6.33. The van der Waals surface area contributed by atoms with Gasteiger partial charge in [-0.25, -0.2) is 4.98 Å². The van der Waals surface area contributed by atoms with Crippen LogP contribution in [0.15, 0.2) is 36.5 Å². The number of aromatic nitrogens is 1. The second kappa shape index (κ2) is 5.06. The van der Waals surface area contributed by atoms with Crippen molar-refractivity contribution in [1.82, 2.24) is 4.98 Å². The Morgan fingerprint density at radius 1 is 1.39 bits per heavy atom. The van der Waals surface area contributed by atoms with Crippen LogP contribution in [0.5, 0.6) is 0 Å². The highest BCUT2D eigenvalue weighted by Crippen LogP contribution is 2.19. The van der Waals surface area contributed by atoms with E-state index in [1.165, 1.54) is 0 Å². The molecule has 0 spiro atoms. The molecule has 0 saturated heterocycles. The highest BCUT2D eigenvalue weighted by Gasteiger charge is 2.09. The average molecular weight is 262 g/mol. The maximum absolute atomic E-state index is 12.0. The lowest BCUT2D eigenvalue weighted by atomic mass is 10.1. The summed E-state index contributed by atoms with van der Waals surface area (Å²) in [5.41, 5.74) is 7.74. The van der Waals surface area contributed by atoms with Crippen molar-refractivity contribution < 1.29 is 4.79 Å². The summed E-state index contributed by atoms with van der Waals surface area (Å²) < 4.78 is 0. The molecule has 2 aromatic rings. The summed E-state index contributed by atoms with van der Waals surface area (Å²) in [6, 6.07) is 8.49. The topological polar surface area (TPSA) is 68.0 Å². The zero-order chi connectivity index (χ0) is 13.1. The molecule has 1 aromatic carbocycles. The molecule has 5 heteroatoms. The van der Waals surface area contributed by atoms with E-state index in [1.807, 2.05) is 6.92 Å². The first-order valence-electron chi connectivity index (χ1n) is 5.36. The van der Waals surface area contributed by atoms with E-state index in [2.05, 4.69) is 10.3 Å². The minimum atomic E-state index is -0.290. The molecule has 2 rings (SSSR count). The third kappa shape index (κ3) is 2.60. The zero-order valence-corrected chi connectivity index (χ0v) is 10.5. The van der Waals surface area contributed by atoms with Crippen molar-refractivity contribution in [1.29, 1.82) is 0 Å². The normalized spacial score (nSPS) is 10.1. The van der Waals surface area contributed by atoms with Crippen LogP contribution in [0.1, 0.15) is 15.9 Å². The Balaban J connectivity index is 2.22. The summed E-state index contributed by atoms with van der Waals surface area (Å²) in [5, 5.41) is 3.03. The van der Waals surface area contributed by atoms with E-state index in [4.69, 9.17) is 17.3 Å². The van der Waals surface area contributed by atoms with Crippen LogP contribution in [-0.4, -0.2) is 10.9 Å². The van der Waals surface area contributed by atoms with Crippen LogP contribution < -0.4 is 11.1 Å². The standard InChI is InChI=1S/C13H12ClN3O/c1-8-4-5-9(7-11(8)15)13(18)17-12-10(14)3-2-6-16-12/h2-7H,15H2,1H3,(H,16,17,18). The van der Waals surface area contributed by atoms with Crippen molar-refractivity contribution in [3.63, 3.8) is 0 Å². The second-order valence-corrected chi connectivity index (χ2v) is 4.27. The molecule has 0 aliphatic heterocycles. The largest absolute Gasteiger partial charge is 0.398 e. The molecular formula is C13H12ClN3O. The number of aryl methyl sites for hydroxylation is 1. The predicted octanol–water partition coefficient (Wildman–Crippen LogP) is 2.88. The van der Waals surface area contributed by atoms with Crippen LogP contribution in [0.4, 0.5) is 11.5 Å². The van der Waals surface area contributed by atoms with Crippen LogP contribution in [0.25, 0.3) is 0 Å². The van der Waals surface area contributed by atoms with Gasteiger partial charge in [0.15, 0.2) is 5.82 Å². The van der Waals surface area contributed by atoms with E-state index in [9.17, 15) is 4.79 Å².